The largest absolute Gasteiger partial charge is 0.291 e. The van der Waals surface area contributed by atoms with Crippen molar-refractivity contribution in [2.75, 3.05) is 4.90 Å². The van der Waals surface area contributed by atoms with E-state index in [4.69, 9.17) is 11.6 Å². The highest BCUT2D eigenvalue weighted by atomic mass is 35.5. The number of alkyl halides is 1. The summed E-state index contributed by atoms with van der Waals surface area (Å²) in [4.78, 5) is 17.7. The number of benzene rings is 1. The molecule has 0 N–H and O–H groups in total. The van der Waals surface area contributed by atoms with Gasteiger partial charge in [0.15, 0.2) is 0 Å². The fourth-order valence-electron chi connectivity index (χ4n) is 1.80. The topological polar surface area (TPSA) is 51.0 Å². The lowest BCUT2D eigenvalue weighted by atomic mass is 10.2. The van der Waals surface area contributed by atoms with Crippen LogP contribution >= 0.6 is 11.6 Å². The van der Waals surface area contributed by atoms with Crippen LogP contribution in [0.3, 0.4) is 0 Å². The summed E-state index contributed by atoms with van der Waals surface area (Å²) in [6.45, 7) is 3.91. The van der Waals surface area contributed by atoms with Gasteiger partial charge in [0.1, 0.15) is 24.7 Å². The predicted octanol–water partition coefficient (Wildman–Crippen LogP) is 2.20. The minimum absolute atomic E-state index is 0.161. The molecular weight excluding hydrogens is 264 g/mol. The minimum atomic E-state index is -0.594. The third-order valence-electron chi connectivity index (χ3n) is 2.77. The van der Waals surface area contributed by atoms with Crippen molar-refractivity contribution in [3.8, 4) is 0 Å². The number of amides is 1. The Bertz CT molecular complexity index is 554. The molecule has 1 unspecified atom stereocenters. The monoisotopic (exact) mass is 278 g/mol. The van der Waals surface area contributed by atoms with Crippen molar-refractivity contribution in [1.29, 1.82) is 0 Å². The first kappa shape index (κ1) is 13.5. The standard InChI is InChI=1S/C13H15ClN4O/c1-10-5-3-4-6-12(10)18(13(19)11(2)14)9-17-8-15-7-16-17/h3-8,11H,9H2,1-2H3. The summed E-state index contributed by atoms with van der Waals surface area (Å²) in [6.07, 6.45) is 3.00. The van der Waals surface area contributed by atoms with Gasteiger partial charge in [-0.25, -0.2) is 9.67 Å². The van der Waals surface area contributed by atoms with Gasteiger partial charge in [0.05, 0.1) is 0 Å². The van der Waals surface area contributed by atoms with E-state index in [2.05, 4.69) is 10.1 Å². The normalized spacial score (nSPS) is 12.2. The molecule has 5 nitrogen and oxygen atoms in total. The van der Waals surface area contributed by atoms with Gasteiger partial charge in [-0.05, 0) is 25.5 Å². The molecule has 1 heterocycles. The number of halogens is 1. The second-order valence-electron chi connectivity index (χ2n) is 4.25. The van der Waals surface area contributed by atoms with Gasteiger partial charge >= 0.3 is 0 Å². The van der Waals surface area contributed by atoms with Crippen molar-refractivity contribution in [3.05, 3.63) is 42.5 Å². The van der Waals surface area contributed by atoms with Crippen LogP contribution in [0.5, 0.6) is 0 Å². The molecule has 1 atom stereocenters. The Balaban J connectivity index is 2.34. The Hall–Kier alpha value is -1.88. The smallest absolute Gasteiger partial charge is 0.246 e. The molecule has 0 fully saturated rings. The summed E-state index contributed by atoms with van der Waals surface area (Å²) in [5.41, 5.74) is 1.84. The number of anilines is 1. The Morgan fingerprint density at radius 2 is 2.21 bits per heavy atom. The Kier molecular flexibility index (Phi) is 4.16. The van der Waals surface area contributed by atoms with Gasteiger partial charge in [0, 0.05) is 5.69 Å². The van der Waals surface area contributed by atoms with Gasteiger partial charge in [0.2, 0.25) is 5.91 Å². The molecule has 0 spiro atoms. The van der Waals surface area contributed by atoms with E-state index in [0.29, 0.717) is 6.67 Å². The van der Waals surface area contributed by atoms with Crippen molar-refractivity contribution in [2.24, 2.45) is 0 Å². The van der Waals surface area contributed by atoms with Crippen LogP contribution in [0.2, 0.25) is 0 Å². The van der Waals surface area contributed by atoms with E-state index in [1.807, 2.05) is 31.2 Å². The Morgan fingerprint density at radius 1 is 1.47 bits per heavy atom. The number of hydrogen-bond acceptors (Lipinski definition) is 3. The van der Waals surface area contributed by atoms with Gasteiger partial charge < -0.3 is 0 Å². The Morgan fingerprint density at radius 3 is 2.79 bits per heavy atom. The summed E-state index contributed by atoms with van der Waals surface area (Å²) in [7, 11) is 0. The highest BCUT2D eigenvalue weighted by molar-refractivity contribution is 6.32. The summed E-state index contributed by atoms with van der Waals surface area (Å²) in [6, 6.07) is 7.67. The fourth-order valence-corrected chi connectivity index (χ4v) is 1.91. The molecule has 0 bridgehead atoms. The van der Waals surface area contributed by atoms with Gasteiger partial charge in [0.25, 0.3) is 0 Å². The lowest BCUT2D eigenvalue weighted by Crippen LogP contribution is -2.37. The average Bonchev–Trinajstić information content (AvgIpc) is 2.89. The molecule has 19 heavy (non-hydrogen) atoms. The summed E-state index contributed by atoms with van der Waals surface area (Å²) in [5, 5.41) is 3.43. The van der Waals surface area contributed by atoms with E-state index in [-0.39, 0.29) is 5.91 Å². The highest BCUT2D eigenvalue weighted by Gasteiger charge is 2.22. The molecule has 1 aromatic carbocycles. The number of aryl methyl sites for hydroxylation is 1. The lowest BCUT2D eigenvalue weighted by molar-refractivity contribution is -0.118. The van der Waals surface area contributed by atoms with Crippen molar-refractivity contribution in [2.45, 2.75) is 25.9 Å². The fraction of sp³-hybridized carbons (Fsp3) is 0.308. The number of carbonyl (C=O) groups excluding carboxylic acids is 1. The molecular formula is C13H15ClN4O. The molecule has 0 aliphatic heterocycles. The zero-order chi connectivity index (χ0) is 13.8. The predicted molar refractivity (Wildman–Crippen MR) is 74.0 cm³/mol. The van der Waals surface area contributed by atoms with Crippen molar-refractivity contribution >= 4 is 23.2 Å². The number of para-hydroxylation sites is 1. The van der Waals surface area contributed by atoms with Gasteiger partial charge in [-0.2, -0.15) is 5.10 Å². The SMILES string of the molecule is Cc1ccccc1N(Cn1cncn1)C(=O)C(C)Cl. The first-order valence-corrected chi connectivity index (χ1v) is 6.36. The van der Waals surface area contributed by atoms with Crippen LogP contribution < -0.4 is 4.90 Å². The quantitative estimate of drug-likeness (QED) is 0.806. The zero-order valence-electron chi connectivity index (χ0n) is 10.8. The van der Waals surface area contributed by atoms with E-state index in [1.165, 1.54) is 6.33 Å². The maximum Gasteiger partial charge on any atom is 0.246 e. The summed E-state index contributed by atoms with van der Waals surface area (Å²) in [5.74, 6) is -0.161. The highest BCUT2D eigenvalue weighted by Crippen LogP contribution is 2.21. The van der Waals surface area contributed by atoms with Crippen LogP contribution in [-0.4, -0.2) is 26.0 Å². The van der Waals surface area contributed by atoms with Gasteiger partial charge in [-0.3, -0.25) is 9.69 Å². The summed E-state index contributed by atoms with van der Waals surface area (Å²) < 4.78 is 1.59. The van der Waals surface area contributed by atoms with Crippen molar-refractivity contribution < 1.29 is 4.79 Å². The van der Waals surface area contributed by atoms with Crippen LogP contribution in [0.1, 0.15) is 12.5 Å². The zero-order valence-corrected chi connectivity index (χ0v) is 11.6. The molecule has 2 aromatic rings. The second-order valence-corrected chi connectivity index (χ2v) is 4.90. The van der Waals surface area contributed by atoms with Crippen LogP contribution in [0.4, 0.5) is 5.69 Å². The lowest BCUT2D eigenvalue weighted by Gasteiger charge is -2.25. The minimum Gasteiger partial charge on any atom is -0.291 e. The third kappa shape index (κ3) is 3.12. The van der Waals surface area contributed by atoms with Crippen LogP contribution in [0.25, 0.3) is 0 Å². The van der Waals surface area contributed by atoms with E-state index in [9.17, 15) is 4.79 Å². The molecule has 0 saturated carbocycles. The summed E-state index contributed by atoms with van der Waals surface area (Å²) >= 11 is 5.93. The maximum atomic E-state index is 12.3. The number of rotatable bonds is 4. The first-order chi connectivity index (χ1) is 9.09. The molecule has 0 radical (unpaired) electrons. The van der Waals surface area contributed by atoms with Crippen LogP contribution in [0.15, 0.2) is 36.9 Å². The third-order valence-corrected chi connectivity index (χ3v) is 2.95. The number of carbonyl (C=O) groups is 1. The van der Waals surface area contributed by atoms with Crippen molar-refractivity contribution in [3.63, 3.8) is 0 Å². The van der Waals surface area contributed by atoms with Gasteiger partial charge in [-0.1, -0.05) is 18.2 Å². The molecule has 0 aliphatic carbocycles. The molecule has 1 aromatic heterocycles. The van der Waals surface area contributed by atoms with E-state index in [0.717, 1.165) is 11.3 Å². The number of aromatic nitrogens is 3. The van der Waals surface area contributed by atoms with Gasteiger partial charge in [-0.15, -0.1) is 11.6 Å². The molecule has 100 valence electrons. The van der Waals surface area contributed by atoms with Crippen molar-refractivity contribution in [1.82, 2.24) is 14.8 Å². The number of hydrogen-bond donors (Lipinski definition) is 0. The van der Waals surface area contributed by atoms with Crippen LogP contribution in [-0.2, 0) is 11.5 Å². The average molecular weight is 279 g/mol. The van der Waals surface area contributed by atoms with E-state index >= 15 is 0 Å². The molecule has 6 heteroatoms. The van der Waals surface area contributed by atoms with E-state index < -0.39 is 5.38 Å². The first-order valence-electron chi connectivity index (χ1n) is 5.93. The molecule has 1 amide bonds. The van der Waals surface area contributed by atoms with E-state index in [1.54, 1.807) is 22.8 Å². The molecule has 0 aliphatic rings. The number of nitrogens with zero attached hydrogens (tertiary/aromatic N) is 4. The molecule has 2 rings (SSSR count). The Labute approximate surface area is 116 Å². The van der Waals surface area contributed by atoms with Crippen LogP contribution in [0, 0.1) is 6.92 Å². The molecule has 0 saturated heterocycles. The maximum absolute atomic E-state index is 12.3. The second kappa shape index (κ2) is 5.84.